The van der Waals surface area contributed by atoms with Crippen LogP contribution in [0.25, 0.3) is 0 Å². The van der Waals surface area contributed by atoms with E-state index in [1.54, 1.807) is 36.4 Å². The van der Waals surface area contributed by atoms with Gasteiger partial charge in [0, 0.05) is 18.4 Å². The predicted molar refractivity (Wildman–Crippen MR) is 97.2 cm³/mol. The van der Waals surface area contributed by atoms with Gasteiger partial charge in [0.05, 0.1) is 5.56 Å². The second kappa shape index (κ2) is 8.20. The van der Waals surface area contributed by atoms with Gasteiger partial charge in [0.2, 0.25) is 0 Å². The van der Waals surface area contributed by atoms with Crippen LogP contribution in [0.2, 0.25) is 0 Å². The molecule has 0 aliphatic carbocycles. The van der Waals surface area contributed by atoms with Gasteiger partial charge in [-0.05, 0) is 48.4 Å². The molecule has 1 amide bonds. The van der Waals surface area contributed by atoms with Crippen molar-refractivity contribution in [3.63, 3.8) is 0 Å². The maximum Gasteiger partial charge on any atom is 0.257 e. The molecule has 1 heterocycles. The Kier molecular flexibility index (Phi) is 5.53. The minimum absolute atomic E-state index is 0.230. The first-order valence-corrected chi connectivity index (χ1v) is 8.12. The first-order valence-electron chi connectivity index (χ1n) is 8.12. The smallest absolute Gasteiger partial charge is 0.257 e. The summed E-state index contributed by atoms with van der Waals surface area (Å²) < 4.78 is 26.7. The average Bonchev–Trinajstić information content (AvgIpc) is 2.64. The molecular formula is C20H17F2N3O. The van der Waals surface area contributed by atoms with Crippen molar-refractivity contribution in [2.24, 2.45) is 0 Å². The van der Waals surface area contributed by atoms with Crippen molar-refractivity contribution in [1.82, 2.24) is 4.98 Å². The van der Waals surface area contributed by atoms with Crippen molar-refractivity contribution in [2.75, 3.05) is 17.2 Å². The minimum Gasteiger partial charge on any atom is -0.370 e. The first-order chi connectivity index (χ1) is 12.6. The van der Waals surface area contributed by atoms with E-state index >= 15 is 0 Å². The van der Waals surface area contributed by atoms with Gasteiger partial charge in [-0.25, -0.2) is 13.8 Å². The van der Waals surface area contributed by atoms with E-state index < -0.39 is 5.82 Å². The van der Waals surface area contributed by atoms with Crippen LogP contribution in [-0.2, 0) is 6.42 Å². The number of carbonyl (C=O) groups excluding carboxylic acids is 1. The molecule has 0 spiro atoms. The van der Waals surface area contributed by atoms with Crippen molar-refractivity contribution in [1.29, 1.82) is 0 Å². The average molecular weight is 353 g/mol. The third kappa shape index (κ3) is 4.63. The van der Waals surface area contributed by atoms with Crippen LogP contribution in [0.5, 0.6) is 0 Å². The molecule has 0 saturated carbocycles. The number of anilines is 2. The molecule has 2 N–H and O–H groups in total. The summed E-state index contributed by atoms with van der Waals surface area (Å²) in [6.07, 6.45) is 1.95. The zero-order valence-corrected chi connectivity index (χ0v) is 13.9. The highest BCUT2D eigenvalue weighted by molar-refractivity contribution is 6.04. The maximum absolute atomic E-state index is 13.5. The van der Waals surface area contributed by atoms with Crippen LogP contribution >= 0.6 is 0 Å². The van der Waals surface area contributed by atoms with Gasteiger partial charge in [0.25, 0.3) is 5.91 Å². The summed E-state index contributed by atoms with van der Waals surface area (Å²) in [5.74, 6) is -0.438. The third-order valence-electron chi connectivity index (χ3n) is 3.77. The molecule has 0 aliphatic heterocycles. The molecule has 0 unspecified atom stereocenters. The molecule has 6 heteroatoms. The number of halogens is 2. The third-order valence-corrected chi connectivity index (χ3v) is 3.77. The van der Waals surface area contributed by atoms with Gasteiger partial charge < -0.3 is 10.6 Å². The van der Waals surface area contributed by atoms with E-state index in [2.05, 4.69) is 15.6 Å². The van der Waals surface area contributed by atoms with E-state index in [0.29, 0.717) is 35.6 Å². The van der Waals surface area contributed by atoms with Crippen LogP contribution in [0.15, 0.2) is 66.9 Å². The molecule has 0 radical (unpaired) electrons. The normalized spacial score (nSPS) is 10.4. The summed E-state index contributed by atoms with van der Waals surface area (Å²) in [6, 6.07) is 15.6. The van der Waals surface area contributed by atoms with Crippen LogP contribution in [-0.4, -0.2) is 17.4 Å². The van der Waals surface area contributed by atoms with Crippen molar-refractivity contribution in [3.8, 4) is 0 Å². The van der Waals surface area contributed by atoms with E-state index in [0.717, 1.165) is 0 Å². The van der Waals surface area contributed by atoms with E-state index in [1.165, 1.54) is 30.5 Å². The number of rotatable bonds is 6. The van der Waals surface area contributed by atoms with Gasteiger partial charge in [-0.15, -0.1) is 0 Å². The largest absolute Gasteiger partial charge is 0.370 e. The summed E-state index contributed by atoms with van der Waals surface area (Å²) in [7, 11) is 0. The van der Waals surface area contributed by atoms with Gasteiger partial charge >= 0.3 is 0 Å². The molecule has 1 aromatic heterocycles. The Morgan fingerprint density at radius 2 is 1.85 bits per heavy atom. The van der Waals surface area contributed by atoms with Crippen LogP contribution in [0.3, 0.4) is 0 Å². The zero-order valence-electron chi connectivity index (χ0n) is 13.9. The Hall–Kier alpha value is -3.28. The zero-order chi connectivity index (χ0) is 18.4. The Balaban J connectivity index is 1.54. The van der Waals surface area contributed by atoms with Gasteiger partial charge in [-0.1, -0.05) is 24.3 Å². The minimum atomic E-state index is -0.421. The van der Waals surface area contributed by atoms with Crippen LogP contribution in [0, 0.1) is 11.6 Å². The quantitative estimate of drug-likeness (QED) is 0.696. The second-order valence-electron chi connectivity index (χ2n) is 5.66. The number of nitrogens with one attached hydrogen (secondary N) is 2. The summed E-state index contributed by atoms with van der Waals surface area (Å²) >= 11 is 0. The molecule has 4 nitrogen and oxygen atoms in total. The summed E-state index contributed by atoms with van der Waals surface area (Å²) in [4.78, 5) is 16.3. The number of nitrogens with zero attached hydrogens (tertiary/aromatic N) is 1. The molecule has 2 aromatic carbocycles. The Bertz CT molecular complexity index is 898. The molecular weight excluding hydrogens is 336 g/mol. The standard InChI is InChI=1S/C20H17F2N3O/c21-16-5-3-6-17(12-16)25-20(26)15-8-9-19(24-13-15)23-11-10-14-4-1-2-7-18(14)22/h1-9,12-13H,10-11H2,(H,23,24)(H,25,26). The number of pyridine rings is 1. The van der Waals surface area contributed by atoms with Crippen molar-refractivity contribution < 1.29 is 13.6 Å². The number of benzene rings is 2. The van der Waals surface area contributed by atoms with E-state index in [-0.39, 0.29) is 11.7 Å². The fourth-order valence-electron chi connectivity index (χ4n) is 2.43. The number of hydrogen-bond acceptors (Lipinski definition) is 3. The Morgan fingerprint density at radius 3 is 2.58 bits per heavy atom. The summed E-state index contributed by atoms with van der Waals surface area (Å²) in [5, 5.41) is 5.69. The number of hydrogen-bond donors (Lipinski definition) is 2. The fraction of sp³-hybridized carbons (Fsp3) is 0.100. The van der Waals surface area contributed by atoms with Gasteiger partial charge in [0.1, 0.15) is 17.5 Å². The molecule has 0 bridgehead atoms. The van der Waals surface area contributed by atoms with Crippen LogP contribution in [0.1, 0.15) is 15.9 Å². The monoisotopic (exact) mass is 353 g/mol. The second-order valence-corrected chi connectivity index (χ2v) is 5.66. The molecule has 3 aromatic rings. The maximum atomic E-state index is 13.5. The predicted octanol–water partition coefficient (Wildman–Crippen LogP) is 4.27. The lowest BCUT2D eigenvalue weighted by Gasteiger charge is -2.08. The number of amides is 1. The number of aromatic nitrogens is 1. The van der Waals surface area contributed by atoms with Crippen molar-refractivity contribution >= 4 is 17.4 Å². The fourth-order valence-corrected chi connectivity index (χ4v) is 2.43. The van der Waals surface area contributed by atoms with E-state index in [4.69, 9.17) is 0 Å². The first kappa shape index (κ1) is 17.5. The highest BCUT2D eigenvalue weighted by Gasteiger charge is 2.07. The Labute approximate surface area is 149 Å². The van der Waals surface area contributed by atoms with E-state index in [1.807, 2.05) is 0 Å². The lowest BCUT2D eigenvalue weighted by molar-refractivity contribution is 0.102. The SMILES string of the molecule is O=C(Nc1cccc(F)c1)c1ccc(NCCc2ccccc2F)nc1. The lowest BCUT2D eigenvalue weighted by Crippen LogP contribution is -2.13. The molecule has 26 heavy (non-hydrogen) atoms. The van der Waals surface area contributed by atoms with Crippen molar-refractivity contribution in [2.45, 2.75) is 6.42 Å². The van der Waals surface area contributed by atoms with Gasteiger partial charge in [-0.2, -0.15) is 0 Å². The topological polar surface area (TPSA) is 54.0 Å². The van der Waals surface area contributed by atoms with E-state index in [9.17, 15) is 13.6 Å². The lowest BCUT2D eigenvalue weighted by atomic mass is 10.1. The van der Waals surface area contributed by atoms with Crippen LogP contribution in [0.4, 0.5) is 20.3 Å². The molecule has 0 fully saturated rings. The van der Waals surface area contributed by atoms with Crippen LogP contribution < -0.4 is 10.6 Å². The summed E-state index contributed by atoms with van der Waals surface area (Å²) in [6.45, 7) is 0.517. The number of carbonyl (C=O) groups is 1. The molecule has 0 saturated heterocycles. The molecule has 3 rings (SSSR count). The van der Waals surface area contributed by atoms with Gasteiger partial charge in [0.15, 0.2) is 0 Å². The Morgan fingerprint density at radius 1 is 1.00 bits per heavy atom. The highest BCUT2D eigenvalue weighted by atomic mass is 19.1. The summed E-state index contributed by atoms with van der Waals surface area (Å²) in [5.41, 5.74) is 1.36. The van der Waals surface area contributed by atoms with Gasteiger partial charge in [-0.3, -0.25) is 4.79 Å². The highest BCUT2D eigenvalue weighted by Crippen LogP contribution is 2.12. The molecule has 132 valence electrons. The van der Waals surface area contributed by atoms with Crippen molar-refractivity contribution in [3.05, 3.63) is 89.6 Å². The molecule has 0 aliphatic rings. The molecule has 0 atom stereocenters.